The van der Waals surface area contributed by atoms with Gasteiger partial charge in [-0.2, -0.15) is 0 Å². The monoisotopic (exact) mass is 684 g/mol. The van der Waals surface area contributed by atoms with Gasteiger partial charge in [0.15, 0.2) is 17.3 Å². The van der Waals surface area contributed by atoms with Gasteiger partial charge in [-0.15, -0.1) is 0 Å². The van der Waals surface area contributed by atoms with Crippen LogP contribution in [0.3, 0.4) is 0 Å². The number of carbonyl (C=O) groups is 4. The van der Waals surface area contributed by atoms with Crippen molar-refractivity contribution >= 4 is 58.4 Å². The summed E-state index contributed by atoms with van der Waals surface area (Å²) in [6.45, 7) is 7.91. The average molecular weight is 685 g/mol. The maximum Gasteiger partial charge on any atom is 0.289 e. The van der Waals surface area contributed by atoms with Crippen LogP contribution in [0.1, 0.15) is 66.1 Å². The number of anilines is 2. The zero-order chi connectivity index (χ0) is 35.8. The number of furan rings is 1. The predicted octanol–water partition coefficient (Wildman–Crippen LogP) is 5.94. The molecule has 264 valence electrons. The van der Waals surface area contributed by atoms with Crippen LogP contribution in [0.4, 0.5) is 17.1 Å². The SMILES string of the molecule is CCN(CC)C(=O)c1cc2cc(NC(=O)c3cc(NC(=O)CCCOc4cc(/N=C\C5CCCN5C=O)c(C)cc4OC)cn3C)ccc2o1. The molecule has 3 heterocycles. The lowest BCUT2D eigenvalue weighted by Crippen LogP contribution is -2.30. The summed E-state index contributed by atoms with van der Waals surface area (Å²) in [6.07, 6.45) is 6.81. The standard InChI is InChI=1S/C37H44N6O7/c1-6-42(7-2)37(47)34-18-25-17-26(12-13-31(25)50-34)40-36(46)30-19-27(22-41(30)4)39-35(45)11-9-15-49-33-20-29(24(3)16-32(33)48-5)38-21-28-10-8-14-43(28)23-44/h12-13,16-23,28H,6-11,14-15H2,1-5H3,(H,39,45)(H,40,46)/b38-21-. The molecule has 0 bridgehead atoms. The molecule has 1 saturated heterocycles. The minimum Gasteiger partial charge on any atom is -0.493 e. The van der Waals surface area contributed by atoms with Crippen LogP contribution in [0, 0.1) is 6.92 Å². The zero-order valence-corrected chi connectivity index (χ0v) is 29.2. The molecule has 0 saturated carbocycles. The molecule has 1 aliphatic heterocycles. The molecule has 13 heteroatoms. The number of fused-ring (bicyclic) bond motifs is 1. The van der Waals surface area contributed by atoms with Crippen LogP contribution in [-0.2, 0) is 16.6 Å². The van der Waals surface area contributed by atoms with Crippen molar-refractivity contribution in [3.8, 4) is 11.5 Å². The van der Waals surface area contributed by atoms with Crippen LogP contribution in [0.25, 0.3) is 11.0 Å². The van der Waals surface area contributed by atoms with Crippen LogP contribution in [0.15, 0.2) is 58.1 Å². The number of aromatic nitrogens is 1. The van der Waals surface area contributed by atoms with E-state index < -0.39 is 0 Å². The van der Waals surface area contributed by atoms with Crippen molar-refractivity contribution in [2.45, 2.75) is 52.5 Å². The Morgan fingerprint density at radius 2 is 1.86 bits per heavy atom. The Kier molecular flexibility index (Phi) is 11.6. The van der Waals surface area contributed by atoms with E-state index in [4.69, 9.17) is 13.9 Å². The Bertz CT molecular complexity index is 1890. The molecule has 0 aliphatic carbocycles. The number of methoxy groups -OCH3 is 1. The summed E-state index contributed by atoms with van der Waals surface area (Å²) in [5.41, 5.74) is 3.57. The number of benzene rings is 2. The first-order chi connectivity index (χ1) is 24.1. The molecule has 4 aromatic rings. The Balaban J connectivity index is 1.13. The van der Waals surface area contributed by atoms with Gasteiger partial charge in [0.2, 0.25) is 12.3 Å². The maximum atomic E-state index is 13.1. The number of carbonyl (C=O) groups excluding carboxylic acids is 4. The zero-order valence-electron chi connectivity index (χ0n) is 29.2. The van der Waals surface area contributed by atoms with Gasteiger partial charge in [-0.1, -0.05) is 0 Å². The summed E-state index contributed by atoms with van der Waals surface area (Å²) in [7, 11) is 3.29. The van der Waals surface area contributed by atoms with Gasteiger partial charge in [-0.3, -0.25) is 24.2 Å². The molecule has 4 amide bonds. The second kappa shape index (κ2) is 16.2. The Morgan fingerprint density at radius 3 is 2.60 bits per heavy atom. The van der Waals surface area contributed by atoms with Gasteiger partial charge in [0.1, 0.15) is 11.3 Å². The van der Waals surface area contributed by atoms with Crippen molar-refractivity contribution < 1.29 is 33.1 Å². The molecular formula is C37H44N6O7. The Hall–Kier alpha value is -5.59. The second-order valence-corrected chi connectivity index (χ2v) is 12.1. The van der Waals surface area contributed by atoms with Gasteiger partial charge < -0.3 is 38.9 Å². The smallest absolute Gasteiger partial charge is 0.289 e. The fourth-order valence-electron chi connectivity index (χ4n) is 5.92. The highest BCUT2D eigenvalue weighted by Crippen LogP contribution is 2.35. The number of nitrogens with zero attached hydrogens (tertiary/aromatic N) is 4. The number of aliphatic imine (C=N–C) groups is 1. The fraction of sp³-hybridized carbons (Fsp3) is 0.378. The van der Waals surface area contributed by atoms with Gasteiger partial charge in [0.05, 0.1) is 31.1 Å². The number of ether oxygens (including phenoxy) is 2. The highest BCUT2D eigenvalue weighted by atomic mass is 16.5. The largest absolute Gasteiger partial charge is 0.493 e. The van der Waals surface area contributed by atoms with Crippen molar-refractivity contribution in [1.82, 2.24) is 14.4 Å². The van der Waals surface area contributed by atoms with E-state index in [9.17, 15) is 19.2 Å². The summed E-state index contributed by atoms with van der Waals surface area (Å²) >= 11 is 0. The van der Waals surface area contributed by atoms with Crippen LogP contribution >= 0.6 is 0 Å². The molecule has 1 unspecified atom stereocenters. The molecule has 2 aromatic carbocycles. The number of rotatable bonds is 15. The third-order valence-electron chi connectivity index (χ3n) is 8.71. The molecule has 5 rings (SSSR count). The van der Waals surface area contributed by atoms with E-state index in [1.807, 2.05) is 26.8 Å². The molecular weight excluding hydrogens is 640 g/mol. The first-order valence-corrected chi connectivity index (χ1v) is 16.8. The highest BCUT2D eigenvalue weighted by Gasteiger charge is 2.22. The third-order valence-corrected chi connectivity index (χ3v) is 8.71. The molecule has 1 atom stereocenters. The van der Waals surface area contributed by atoms with E-state index in [2.05, 4.69) is 15.6 Å². The van der Waals surface area contributed by atoms with E-state index in [0.717, 1.165) is 37.0 Å². The summed E-state index contributed by atoms with van der Waals surface area (Å²) in [4.78, 5) is 57.9. The molecule has 0 spiro atoms. The van der Waals surface area contributed by atoms with E-state index in [1.54, 1.807) is 77.3 Å². The van der Waals surface area contributed by atoms with Crippen molar-refractivity contribution in [2.75, 3.05) is 44.0 Å². The molecule has 0 radical (unpaired) electrons. The molecule has 2 aromatic heterocycles. The predicted molar refractivity (Wildman–Crippen MR) is 192 cm³/mol. The molecule has 50 heavy (non-hydrogen) atoms. The van der Waals surface area contributed by atoms with Crippen molar-refractivity contribution in [3.05, 3.63) is 65.7 Å². The Labute approximate surface area is 291 Å². The summed E-state index contributed by atoms with van der Waals surface area (Å²) in [5, 5.41) is 6.43. The number of aryl methyl sites for hydroxylation is 2. The average Bonchev–Trinajstić information content (AvgIpc) is 3.84. The van der Waals surface area contributed by atoms with E-state index in [-0.39, 0.29) is 42.6 Å². The topological polar surface area (TPSA) is 148 Å². The minimum atomic E-state index is -0.358. The normalized spacial score (nSPS) is 14.3. The summed E-state index contributed by atoms with van der Waals surface area (Å²) in [6, 6.07) is 12.1. The number of hydrogen-bond acceptors (Lipinski definition) is 8. The quantitative estimate of drug-likeness (QED) is 0.0894. The van der Waals surface area contributed by atoms with Gasteiger partial charge >= 0.3 is 0 Å². The van der Waals surface area contributed by atoms with Gasteiger partial charge in [-0.25, -0.2) is 0 Å². The van der Waals surface area contributed by atoms with Gasteiger partial charge in [-0.05, 0) is 82.0 Å². The summed E-state index contributed by atoms with van der Waals surface area (Å²) in [5.74, 6) is 0.574. The lowest BCUT2D eigenvalue weighted by atomic mass is 10.1. The third kappa shape index (κ3) is 8.33. The summed E-state index contributed by atoms with van der Waals surface area (Å²) < 4.78 is 18.9. The van der Waals surface area contributed by atoms with Crippen molar-refractivity contribution in [3.63, 3.8) is 0 Å². The Morgan fingerprint density at radius 1 is 1.06 bits per heavy atom. The highest BCUT2D eigenvalue weighted by molar-refractivity contribution is 6.05. The van der Waals surface area contributed by atoms with E-state index >= 15 is 0 Å². The number of hydrogen-bond donors (Lipinski definition) is 2. The maximum absolute atomic E-state index is 13.1. The lowest BCUT2D eigenvalue weighted by molar-refractivity contribution is -0.118. The number of nitrogens with one attached hydrogen (secondary N) is 2. The lowest BCUT2D eigenvalue weighted by Gasteiger charge is -2.16. The van der Waals surface area contributed by atoms with E-state index in [1.165, 1.54) is 0 Å². The molecule has 1 aliphatic rings. The fourth-order valence-corrected chi connectivity index (χ4v) is 5.92. The first-order valence-electron chi connectivity index (χ1n) is 16.8. The van der Waals surface area contributed by atoms with Crippen LogP contribution in [-0.4, -0.2) is 84.1 Å². The van der Waals surface area contributed by atoms with Crippen molar-refractivity contribution in [2.24, 2.45) is 12.0 Å². The number of likely N-dealkylation sites (tertiary alicyclic amines) is 1. The van der Waals surface area contributed by atoms with Gasteiger partial charge in [0, 0.05) is 62.7 Å². The molecule has 2 N–H and O–H groups in total. The molecule has 1 fully saturated rings. The van der Waals surface area contributed by atoms with Gasteiger partial charge in [0.25, 0.3) is 11.8 Å². The number of amides is 4. The minimum absolute atomic E-state index is 0.0185. The van der Waals surface area contributed by atoms with Crippen LogP contribution in [0.5, 0.6) is 11.5 Å². The second-order valence-electron chi connectivity index (χ2n) is 12.1. The first kappa shape index (κ1) is 35.7. The van der Waals surface area contributed by atoms with Crippen molar-refractivity contribution in [1.29, 1.82) is 0 Å². The van der Waals surface area contributed by atoms with Crippen LogP contribution < -0.4 is 20.1 Å². The van der Waals surface area contributed by atoms with Crippen LogP contribution in [0.2, 0.25) is 0 Å². The van der Waals surface area contributed by atoms with E-state index in [0.29, 0.717) is 59.0 Å². The molecule has 13 nitrogen and oxygen atoms in total.